The van der Waals surface area contributed by atoms with Crippen LogP contribution in [-0.2, 0) is 0 Å². The first-order chi connectivity index (χ1) is 8.21. The van der Waals surface area contributed by atoms with Crippen LogP contribution in [0.4, 0.5) is 0 Å². The fourth-order valence-corrected chi connectivity index (χ4v) is 0.893. The molecule has 0 bridgehead atoms. The second-order valence-electron chi connectivity index (χ2n) is 2.96. The quantitative estimate of drug-likeness (QED) is 0.400. The van der Waals surface area contributed by atoms with Crippen LogP contribution in [0, 0.1) is 45.3 Å². The third kappa shape index (κ3) is 5.57. The Balaban J connectivity index is 5.06. The van der Waals surface area contributed by atoms with Crippen molar-refractivity contribution in [1.82, 2.24) is 5.01 Å². The number of rotatable bonds is 5. The number of nitrogens with zero attached hydrogens (tertiary/aromatic N) is 6. The Bertz CT molecular complexity index is 400. The molecule has 84 valence electrons. The number of unbranched alkanes of at least 4 members (excludes halogenated alkanes) is 1. The van der Waals surface area contributed by atoms with Crippen molar-refractivity contribution >= 4 is 5.71 Å². The van der Waals surface area contributed by atoms with Crippen LogP contribution in [0.15, 0.2) is 16.9 Å². The summed E-state index contributed by atoms with van der Waals surface area (Å²) in [6.45, 7) is 2.41. The molecule has 0 heterocycles. The molecule has 0 aromatic heterocycles. The van der Waals surface area contributed by atoms with Crippen LogP contribution in [0.1, 0.15) is 19.8 Å². The third-order valence-electron chi connectivity index (χ3n) is 1.70. The predicted molar refractivity (Wildman–Crippen MR) is 59.6 cm³/mol. The first-order valence-electron chi connectivity index (χ1n) is 4.89. The number of hydrogen-bond acceptors (Lipinski definition) is 6. The summed E-state index contributed by atoms with van der Waals surface area (Å²) >= 11 is 0. The summed E-state index contributed by atoms with van der Waals surface area (Å²) in [4.78, 5) is 0. The van der Waals surface area contributed by atoms with E-state index in [2.05, 4.69) is 5.10 Å². The van der Waals surface area contributed by atoms with Crippen molar-refractivity contribution in [2.75, 3.05) is 6.54 Å². The molecule has 0 radical (unpaired) electrons. The van der Waals surface area contributed by atoms with Crippen LogP contribution in [0.5, 0.6) is 0 Å². The van der Waals surface area contributed by atoms with Gasteiger partial charge in [-0.3, -0.25) is 5.01 Å². The maximum atomic E-state index is 8.60. The lowest BCUT2D eigenvalue weighted by molar-refractivity contribution is 0.388. The van der Waals surface area contributed by atoms with Gasteiger partial charge in [-0.05, 0) is 6.42 Å². The molecule has 0 fully saturated rings. The van der Waals surface area contributed by atoms with E-state index in [9.17, 15) is 0 Å². The van der Waals surface area contributed by atoms with Gasteiger partial charge in [-0.1, -0.05) is 13.3 Å². The highest BCUT2D eigenvalue weighted by atomic mass is 15.4. The molecule has 0 aromatic carbocycles. The molecule has 0 aliphatic rings. The number of allylic oxidation sites excluding steroid dienone is 1. The summed E-state index contributed by atoms with van der Waals surface area (Å²) in [5, 5.41) is 39.3. The Morgan fingerprint density at radius 3 is 2.12 bits per heavy atom. The molecule has 6 nitrogen and oxygen atoms in total. The van der Waals surface area contributed by atoms with Gasteiger partial charge in [-0.25, -0.2) is 0 Å². The Morgan fingerprint density at radius 2 is 1.71 bits per heavy atom. The lowest BCUT2D eigenvalue weighted by Crippen LogP contribution is -2.14. The number of nitriles is 4. The lowest BCUT2D eigenvalue weighted by Gasteiger charge is -2.12. The molecule has 0 aliphatic heterocycles. The minimum atomic E-state index is -0.312. The second kappa shape index (κ2) is 8.48. The largest absolute Gasteiger partial charge is 0.269 e. The van der Waals surface area contributed by atoms with Crippen molar-refractivity contribution in [2.45, 2.75) is 19.8 Å². The fourth-order valence-electron chi connectivity index (χ4n) is 0.893. The molecule has 0 aliphatic carbocycles. The molecule has 0 saturated carbocycles. The zero-order chi connectivity index (χ0) is 13.1. The van der Waals surface area contributed by atoms with E-state index in [4.69, 9.17) is 21.0 Å². The Labute approximate surface area is 99.9 Å². The van der Waals surface area contributed by atoms with Gasteiger partial charge in [-0.15, -0.1) is 0 Å². The minimum Gasteiger partial charge on any atom is -0.269 e. The molecule has 0 N–H and O–H groups in total. The van der Waals surface area contributed by atoms with Gasteiger partial charge < -0.3 is 0 Å². The minimum absolute atomic E-state index is 0.125. The van der Waals surface area contributed by atoms with Crippen LogP contribution in [0.2, 0.25) is 0 Å². The van der Waals surface area contributed by atoms with E-state index < -0.39 is 0 Å². The first-order valence-corrected chi connectivity index (χ1v) is 4.89. The summed E-state index contributed by atoms with van der Waals surface area (Å²) in [6.07, 6.45) is 2.89. The molecule has 6 heteroatoms. The third-order valence-corrected chi connectivity index (χ3v) is 1.70. The molecule has 0 saturated heterocycles. The normalized spacial score (nSPS) is 7.59. The van der Waals surface area contributed by atoms with Crippen LogP contribution in [-0.4, -0.2) is 17.3 Å². The van der Waals surface area contributed by atoms with E-state index in [0.29, 0.717) is 6.54 Å². The summed E-state index contributed by atoms with van der Waals surface area (Å²) in [5.41, 5.74) is -0.437. The Kier molecular flexibility index (Phi) is 7.07. The van der Waals surface area contributed by atoms with Gasteiger partial charge >= 0.3 is 0 Å². The Morgan fingerprint density at radius 1 is 1.12 bits per heavy atom. The van der Waals surface area contributed by atoms with E-state index in [1.165, 1.54) is 11.2 Å². The van der Waals surface area contributed by atoms with E-state index in [1.807, 2.05) is 6.92 Å². The molecule has 0 rings (SSSR count). The van der Waals surface area contributed by atoms with Gasteiger partial charge in [0, 0.05) is 6.54 Å². The predicted octanol–water partition coefficient (Wildman–Crippen LogP) is 1.42. The first kappa shape index (κ1) is 14.2. The molecule has 0 spiro atoms. The monoisotopic (exact) mass is 226 g/mol. The van der Waals surface area contributed by atoms with Crippen molar-refractivity contribution in [3.63, 3.8) is 0 Å². The van der Waals surface area contributed by atoms with Gasteiger partial charge in [-0.2, -0.15) is 26.1 Å². The van der Waals surface area contributed by atoms with Crippen molar-refractivity contribution in [3.05, 3.63) is 11.8 Å². The Hall–Kier alpha value is -2.83. The highest BCUT2D eigenvalue weighted by Gasteiger charge is 2.03. The molecule has 0 aromatic rings. The van der Waals surface area contributed by atoms with Crippen LogP contribution >= 0.6 is 0 Å². The SMILES string of the molecule is CCCCN(C=C(C#N)C#N)N=C(C#N)C#N. The average molecular weight is 226 g/mol. The summed E-state index contributed by atoms with van der Waals surface area (Å²) in [6, 6.07) is 6.62. The number of hydrazone groups is 1. The molecule has 0 amide bonds. The standard InChI is InChI=1S/C11H10N6/c1-2-3-4-17(9-10(5-12)6-13)16-11(7-14)8-15/h9H,2-4H2,1H3. The van der Waals surface area contributed by atoms with Gasteiger partial charge in [0.15, 0.2) is 0 Å². The summed E-state index contributed by atoms with van der Waals surface area (Å²) < 4.78 is 0. The zero-order valence-electron chi connectivity index (χ0n) is 9.38. The van der Waals surface area contributed by atoms with E-state index >= 15 is 0 Å². The topological polar surface area (TPSA) is 111 Å². The molecular weight excluding hydrogens is 216 g/mol. The lowest BCUT2D eigenvalue weighted by atomic mass is 10.3. The van der Waals surface area contributed by atoms with E-state index in [0.717, 1.165) is 12.8 Å². The smallest absolute Gasteiger partial charge is 0.237 e. The maximum absolute atomic E-state index is 8.60. The van der Waals surface area contributed by atoms with Gasteiger partial charge in [0.1, 0.15) is 29.8 Å². The molecule has 0 unspecified atom stereocenters. The highest BCUT2D eigenvalue weighted by Crippen LogP contribution is 2.01. The summed E-state index contributed by atoms with van der Waals surface area (Å²) in [5.74, 6) is 0. The fraction of sp³-hybridized carbons (Fsp3) is 0.364. The van der Waals surface area contributed by atoms with Crippen LogP contribution in [0.3, 0.4) is 0 Å². The van der Waals surface area contributed by atoms with Crippen LogP contribution in [0.25, 0.3) is 0 Å². The van der Waals surface area contributed by atoms with Crippen molar-refractivity contribution in [2.24, 2.45) is 5.10 Å². The maximum Gasteiger partial charge on any atom is 0.237 e. The molecule has 0 atom stereocenters. The summed E-state index contributed by atoms with van der Waals surface area (Å²) in [7, 11) is 0. The van der Waals surface area contributed by atoms with Gasteiger partial charge in [0.2, 0.25) is 5.71 Å². The molecular formula is C11H10N6. The average Bonchev–Trinajstić information content (AvgIpc) is 2.38. The van der Waals surface area contributed by atoms with E-state index in [1.54, 1.807) is 24.3 Å². The van der Waals surface area contributed by atoms with Crippen molar-refractivity contribution < 1.29 is 0 Å². The van der Waals surface area contributed by atoms with Crippen molar-refractivity contribution in [1.29, 1.82) is 21.0 Å². The second-order valence-corrected chi connectivity index (χ2v) is 2.96. The van der Waals surface area contributed by atoms with E-state index in [-0.39, 0.29) is 11.3 Å². The van der Waals surface area contributed by atoms with Crippen molar-refractivity contribution in [3.8, 4) is 24.3 Å². The highest BCUT2D eigenvalue weighted by molar-refractivity contribution is 6.10. The van der Waals surface area contributed by atoms with Crippen LogP contribution < -0.4 is 0 Å². The van der Waals surface area contributed by atoms with Gasteiger partial charge in [0.05, 0.1) is 6.20 Å². The molecule has 17 heavy (non-hydrogen) atoms. The number of hydrogen-bond donors (Lipinski definition) is 0. The van der Waals surface area contributed by atoms with Gasteiger partial charge in [0.25, 0.3) is 0 Å². The zero-order valence-corrected chi connectivity index (χ0v) is 9.38.